The lowest BCUT2D eigenvalue weighted by atomic mass is 9.79. The molecule has 0 saturated heterocycles. The first-order valence-corrected chi connectivity index (χ1v) is 13.8. The Labute approximate surface area is 233 Å². The molecule has 0 fully saturated rings. The second-order valence-electron chi connectivity index (χ2n) is 9.47. The highest BCUT2D eigenvalue weighted by atomic mass is 16.5. The maximum atomic E-state index is 5.97. The SMILES string of the molecule is COCCOCCCNc1ccccc1C1c2ccccc2N(CCCOCCOC)c2cccc(OC)c21. The molecule has 210 valence electrons. The van der Waals surface area contributed by atoms with E-state index in [-0.39, 0.29) is 5.92 Å². The van der Waals surface area contributed by atoms with Crippen LogP contribution in [0.1, 0.15) is 35.4 Å². The monoisotopic (exact) mass is 534 g/mol. The van der Waals surface area contributed by atoms with E-state index in [4.69, 9.17) is 23.7 Å². The Morgan fingerprint density at radius 2 is 1.33 bits per heavy atom. The number of anilines is 3. The molecule has 1 heterocycles. The molecule has 7 heteroatoms. The van der Waals surface area contributed by atoms with Crippen LogP contribution in [-0.4, -0.2) is 74.1 Å². The van der Waals surface area contributed by atoms with Crippen LogP contribution >= 0.6 is 0 Å². The summed E-state index contributed by atoms with van der Waals surface area (Å²) >= 11 is 0. The van der Waals surface area contributed by atoms with Crippen molar-refractivity contribution in [3.8, 4) is 5.75 Å². The van der Waals surface area contributed by atoms with E-state index in [0.717, 1.165) is 37.4 Å². The van der Waals surface area contributed by atoms with Gasteiger partial charge in [0.15, 0.2) is 0 Å². The summed E-state index contributed by atoms with van der Waals surface area (Å²) in [5.74, 6) is 0.929. The van der Waals surface area contributed by atoms with Crippen LogP contribution in [-0.2, 0) is 18.9 Å². The van der Waals surface area contributed by atoms with Gasteiger partial charge in [0.25, 0.3) is 0 Å². The summed E-state index contributed by atoms with van der Waals surface area (Å²) in [5, 5.41) is 3.68. The second-order valence-corrected chi connectivity index (χ2v) is 9.47. The first-order valence-electron chi connectivity index (χ1n) is 13.8. The molecule has 7 nitrogen and oxygen atoms in total. The first kappa shape index (κ1) is 28.9. The quantitative estimate of drug-likeness (QED) is 0.218. The van der Waals surface area contributed by atoms with E-state index in [1.807, 2.05) is 0 Å². The summed E-state index contributed by atoms with van der Waals surface area (Å²) in [6.45, 7) is 5.53. The van der Waals surface area contributed by atoms with Crippen molar-refractivity contribution in [1.82, 2.24) is 0 Å². The fourth-order valence-electron chi connectivity index (χ4n) is 5.18. The average Bonchev–Trinajstić information content (AvgIpc) is 2.98. The molecule has 0 aromatic heterocycles. The number of hydrogen-bond acceptors (Lipinski definition) is 7. The highest BCUT2D eigenvalue weighted by Gasteiger charge is 2.34. The molecule has 1 atom stereocenters. The molecular formula is C32H42N2O5. The molecule has 3 aromatic carbocycles. The maximum Gasteiger partial charge on any atom is 0.125 e. The Balaban J connectivity index is 1.62. The number of rotatable bonds is 17. The molecule has 3 aromatic rings. The smallest absolute Gasteiger partial charge is 0.125 e. The zero-order valence-electron chi connectivity index (χ0n) is 23.5. The van der Waals surface area contributed by atoms with Crippen molar-refractivity contribution in [1.29, 1.82) is 0 Å². The first-order chi connectivity index (χ1) is 19.3. The molecule has 1 unspecified atom stereocenters. The minimum Gasteiger partial charge on any atom is -0.496 e. The molecule has 39 heavy (non-hydrogen) atoms. The van der Waals surface area contributed by atoms with Crippen LogP contribution in [0.5, 0.6) is 5.75 Å². The molecule has 1 aliphatic heterocycles. The number of nitrogens with zero attached hydrogens (tertiary/aromatic N) is 1. The van der Waals surface area contributed by atoms with E-state index in [9.17, 15) is 0 Å². The van der Waals surface area contributed by atoms with Crippen molar-refractivity contribution >= 4 is 17.1 Å². The van der Waals surface area contributed by atoms with E-state index in [1.165, 1.54) is 28.1 Å². The van der Waals surface area contributed by atoms with E-state index >= 15 is 0 Å². The van der Waals surface area contributed by atoms with E-state index in [1.54, 1.807) is 21.3 Å². The lowest BCUT2D eigenvalue weighted by molar-refractivity contribution is 0.0702. The summed E-state index contributed by atoms with van der Waals surface area (Å²) in [5.41, 5.74) is 7.23. The lowest BCUT2D eigenvalue weighted by Crippen LogP contribution is -2.28. The molecule has 0 aliphatic carbocycles. The summed E-state index contributed by atoms with van der Waals surface area (Å²) in [6.07, 6.45) is 1.82. The molecule has 0 radical (unpaired) electrons. The van der Waals surface area contributed by atoms with Crippen molar-refractivity contribution in [2.24, 2.45) is 0 Å². The van der Waals surface area contributed by atoms with Gasteiger partial charge in [0.1, 0.15) is 5.75 Å². The molecular weight excluding hydrogens is 492 g/mol. The third kappa shape index (κ3) is 7.31. The summed E-state index contributed by atoms with van der Waals surface area (Å²) in [6, 6.07) is 23.7. The number of methoxy groups -OCH3 is 3. The summed E-state index contributed by atoms with van der Waals surface area (Å²) in [7, 11) is 5.15. The van der Waals surface area contributed by atoms with Gasteiger partial charge >= 0.3 is 0 Å². The van der Waals surface area contributed by atoms with Gasteiger partial charge in [0.2, 0.25) is 0 Å². The van der Waals surface area contributed by atoms with Crippen LogP contribution in [0.3, 0.4) is 0 Å². The number of fused-ring (bicyclic) bond motifs is 2. The standard InChI is InChI=1S/C32H42N2O5/c1-35-21-23-38-19-9-17-33-27-13-6-4-11-25(27)31-26-12-5-7-14-28(26)34(18-10-20-39-24-22-36-2)29-15-8-16-30(37-3)32(29)31/h4-8,11-16,31,33H,9-10,17-24H2,1-3H3. The normalized spacial score (nSPS) is 14.1. The van der Waals surface area contributed by atoms with Gasteiger partial charge in [-0.15, -0.1) is 0 Å². The topological polar surface area (TPSA) is 61.4 Å². The van der Waals surface area contributed by atoms with Crippen LogP contribution in [0.25, 0.3) is 0 Å². The predicted octanol–water partition coefficient (Wildman–Crippen LogP) is 5.85. The average molecular weight is 535 g/mol. The summed E-state index contributed by atoms with van der Waals surface area (Å²) < 4.78 is 27.6. The second kappa shape index (κ2) is 15.5. The zero-order valence-corrected chi connectivity index (χ0v) is 23.5. The lowest BCUT2D eigenvalue weighted by Gasteiger charge is -2.39. The highest BCUT2D eigenvalue weighted by Crippen LogP contribution is 2.52. The zero-order chi connectivity index (χ0) is 27.3. The highest BCUT2D eigenvalue weighted by molar-refractivity contribution is 5.81. The van der Waals surface area contributed by atoms with Gasteiger partial charge in [-0.05, 0) is 48.2 Å². The van der Waals surface area contributed by atoms with Crippen molar-refractivity contribution in [2.45, 2.75) is 18.8 Å². The minimum absolute atomic E-state index is 0.0307. The van der Waals surface area contributed by atoms with Gasteiger partial charge in [-0.25, -0.2) is 0 Å². The van der Waals surface area contributed by atoms with Crippen molar-refractivity contribution in [3.63, 3.8) is 0 Å². The third-order valence-corrected chi connectivity index (χ3v) is 6.97. The van der Waals surface area contributed by atoms with Crippen LogP contribution in [0.4, 0.5) is 17.1 Å². The fraction of sp³-hybridized carbons (Fsp3) is 0.438. The Hall–Kier alpha value is -3.10. The van der Waals surface area contributed by atoms with Gasteiger partial charge in [-0.2, -0.15) is 0 Å². The van der Waals surface area contributed by atoms with E-state index in [2.05, 4.69) is 76.9 Å². The Morgan fingerprint density at radius 3 is 2.08 bits per heavy atom. The molecule has 1 aliphatic rings. The largest absolute Gasteiger partial charge is 0.496 e. The Kier molecular flexibility index (Phi) is 11.5. The maximum absolute atomic E-state index is 5.97. The number of benzene rings is 3. The molecule has 1 N–H and O–H groups in total. The summed E-state index contributed by atoms with van der Waals surface area (Å²) in [4.78, 5) is 2.41. The number of ether oxygens (including phenoxy) is 5. The molecule has 0 saturated carbocycles. The fourth-order valence-corrected chi connectivity index (χ4v) is 5.18. The van der Waals surface area contributed by atoms with Gasteiger partial charge < -0.3 is 33.9 Å². The van der Waals surface area contributed by atoms with Crippen LogP contribution in [0, 0.1) is 0 Å². The number of hydrogen-bond donors (Lipinski definition) is 1. The van der Waals surface area contributed by atoms with Crippen molar-refractivity contribution < 1.29 is 23.7 Å². The Morgan fingerprint density at radius 1 is 0.667 bits per heavy atom. The Bertz CT molecular complexity index is 1140. The molecule has 0 amide bonds. The van der Waals surface area contributed by atoms with Crippen molar-refractivity contribution in [2.75, 3.05) is 84.3 Å². The third-order valence-electron chi connectivity index (χ3n) is 6.97. The predicted molar refractivity (Wildman–Crippen MR) is 157 cm³/mol. The molecule has 0 spiro atoms. The van der Waals surface area contributed by atoms with Crippen LogP contribution < -0.4 is 15.0 Å². The number of nitrogens with one attached hydrogen (secondary N) is 1. The van der Waals surface area contributed by atoms with Gasteiger partial charge in [-0.3, -0.25) is 0 Å². The number of para-hydroxylation sites is 2. The molecule has 4 rings (SSSR count). The molecule has 0 bridgehead atoms. The van der Waals surface area contributed by atoms with E-state index in [0.29, 0.717) is 39.6 Å². The van der Waals surface area contributed by atoms with Gasteiger partial charge in [0.05, 0.1) is 33.5 Å². The van der Waals surface area contributed by atoms with Crippen molar-refractivity contribution in [3.05, 3.63) is 83.4 Å². The van der Waals surface area contributed by atoms with Crippen LogP contribution in [0.15, 0.2) is 66.7 Å². The van der Waals surface area contributed by atoms with Gasteiger partial charge in [0, 0.05) is 69.1 Å². The van der Waals surface area contributed by atoms with E-state index < -0.39 is 0 Å². The van der Waals surface area contributed by atoms with Crippen LogP contribution in [0.2, 0.25) is 0 Å². The van der Waals surface area contributed by atoms with Gasteiger partial charge in [-0.1, -0.05) is 42.5 Å². The minimum atomic E-state index is 0.0307.